The molecule has 0 atom stereocenters. The molecule has 0 aliphatic rings. The van der Waals surface area contributed by atoms with Crippen LogP contribution in [0.1, 0.15) is 11.3 Å². The summed E-state index contributed by atoms with van der Waals surface area (Å²) in [5.74, 6) is 0. The first-order chi connectivity index (χ1) is 10.8. The van der Waals surface area contributed by atoms with Crippen LogP contribution in [-0.4, -0.2) is 22.5 Å². The Morgan fingerprint density at radius 2 is 1.95 bits per heavy atom. The minimum atomic E-state index is -0.175. The van der Waals surface area contributed by atoms with E-state index in [4.69, 9.17) is 0 Å². The number of fused-ring (bicyclic) bond motifs is 1. The molecule has 3 aromatic rings. The van der Waals surface area contributed by atoms with E-state index < -0.39 is 0 Å². The lowest BCUT2D eigenvalue weighted by Crippen LogP contribution is -2.36. The number of hydrogen-bond acceptors (Lipinski definition) is 2. The molecule has 0 unspecified atom stereocenters. The Bertz CT molecular complexity index is 751. The largest absolute Gasteiger partial charge is 0.361 e. The predicted octanol–water partition coefficient (Wildman–Crippen LogP) is 2.60. The van der Waals surface area contributed by atoms with Gasteiger partial charge in [0.1, 0.15) is 0 Å². The van der Waals surface area contributed by atoms with Gasteiger partial charge >= 0.3 is 6.03 Å². The van der Waals surface area contributed by atoms with Gasteiger partial charge in [0.25, 0.3) is 0 Å². The van der Waals surface area contributed by atoms with Gasteiger partial charge in [-0.3, -0.25) is 4.98 Å². The molecular weight excluding hydrogens is 276 g/mol. The Kier molecular flexibility index (Phi) is 4.34. The zero-order chi connectivity index (χ0) is 15.2. The highest BCUT2D eigenvalue weighted by atomic mass is 16.2. The predicted molar refractivity (Wildman–Crippen MR) is 86.5 cm³/mol. The molecule has 0 aliphatic heterocycles. The summed E-state index contributed by atoms with van der Waals surface area (Å²) in [5.41, 5.74) is 3.17. The number of H-pyrrole nitrogens is 1. The maximum Gasteiger partial charge on any atom is 0.315 e. The van der Waals surface area contributed by atoms with Crippen molar-refractivity contribution < 1.29 is 4.79 Å². The Labute approximate surface area is 128 Å². The fourth-order valence-corrected chi connectivity index (χ4v) is 2.39. The Morgan fingerprint density at radius 1 is 1.09 bits per heavy atom. The topological polar surface area (TPSA) is 69.8 Å². The monoisotopic (exact) mass is 294 g/mol. The number of carbonyl (C=O) groups is 1. The van der Waals surface area contributed by atoms with Gasteiger partial charge in [0.05, 0.1) is 12.2 Å². The average molecular weight is 294 g/mol. The molecule has 0 saturated carbocycles. The number of amides is 2. The summed E-state index contributed by atoms with van der Waals surface area (Å²) >= 11 is 0. The molecule has 0 fully saturated rings. The highest BCUT2D eigenvalue weighted by Gasteiger charge is 2.04. The van der Waals surface area contributed by atoms with Crippen molar-refractivity contribution in [3.05, 3.63) is 66.1 Å². The Hall–Kier alpha value is -2.82. The third-order valence-corrected chi connectivity index (χ3v) is 3.51. The maximum absolute atomic E-state index is 11.8. The van der Waals surface area contributed by atoms with Crippen molar-refractivity contribution in [3.8, 4) is 0 Å². The normalized spacial score (nSPS) is 10.5. The van der Waals surface area contributed by atoms with Crippen LogP contribution in [0.4, 0.5) is 4.79 Å². The molecule has 2 amide bonds. The van der Waals surface area contributed by atoms with Crippen LogP contribution < -0.4 is 10.6 Å². The number of aromatic amines is 1. The number of carbonyl (C=O) groups excluding carboxylic acids is 1. The van der Waals surface area contributed by atoms with Crippen molar-refractivity contribution in [2.24, 2.45) is 0 Å². The number of hydrogen-bond donors (Lipinski definition) is 3. The van der Waals surface area contributed by atoms with Crippen LogP contribution in [-0.2, 0) is 13.0 Å². The van der Waals surface area contributed by atoms with E-state index >= 15 is 0 Å². The molecule has 112 valence electrons. The van der Waals surface area contributed by atoms with E-state index in [1.165, 1.54) is 10.9 Å². The van der Waals surface area contributed by atoms with Crippen LogP contribution >= 0.6 is 0 Å². The van der Waals surface area contributed by atoms with Crippen molar-refractivity contribution in [3.63, 3.8) is 0 Å². The summed E-state index contributed by atoms with van der Waals surface area (Å²) in [5, 5.41) is 6.87. The fourth-order valence-electron chi connectivity index (χ4n) is 2.39. The van der Waals surface area contributed by atoms with Crippen molar-refractivity contribution in [2.45, 2.75) is 13.0 Å². The molecular formula is C17H18N4O. The molecule has 2 aromatic heterocycles. The lowest BCUT2D eigenvalue weighted by Gasteiger charge is -2.07. The first-order valence-electron chi connectivity index (χ1n) is 7.29. The van der Waals surface area contributed by atoms with E-state index in [-0.39, 0.29) is 6.03 Å². The summed E-state index contributed by atoms with van der Waals surface area (Å²) in [4.78, 5) is 19.1. The second-order valence-corrected chi connectivity index (χ2v) is 5.04. The second-order valence-electron chi connectivity index (χ2n) is 5.04. The highest BCUT2D eigenvalue weighted by Crippen LogP contribution is 2.17. The molecule has 3 rings (SSSR count). The van der Waals surface area contributed by atoms with Crippen LogP contribution in [0.25, 0.3) is 10.9 Å². The standard InChI is InChI=1S/C17H18N4O/c22-17(21-12-14-5-3-4-9-18-14)19-10-8-13-11-20-16-7-2-1-6-15(13)16/h1-7,9,11,20H,8,10,12H2,(H2,19,21,22). The van der Waals surface area contributed by atoms with E-state index in [0.717, 1.165) is 17.6 Å². The first-order valence-corrected chi connectivity index (χ1v) is 7.29. The zero-order valence-corrected chi connectivity index (χ0v) is 12.2. The third kappa shape index (κ3) is 3.44. The van der Waals surface area contributed by atoms with Crippen molar-refractivity contribution in [2.75, 3.05) is 6.54 Å². The molecule has 0 radical (unpaired) electrons. The van der Waals surface area contributed by atoms with E-state index in [1.54, 1.807) is 6.20 Å². The number of rotatable bonds is 5. The molecule has 22 heavy (non-hydrogen) atoms. The van der Waals surface area contributed by atoms with Gasteiger partial charge in [0, 0.05) is 29.8 Å². The fraction of sp³-hybridized carbons (Fsp3) is 0.176. The number of urea groups is 1. The second kappa shape index (κ2) is 6.76. The molecule has 0 aliphatic carbocycles. The van der Waals surface area contributed by atoms with E-state index in [9.17, 15) is 4.79 Å². The number of pyridine rings is 1. The van der Waals surface area contributed by atoms with Gasteiger partial charge in [-0.25, -0.2) is 4.79 Å². The summed E-state index contributed by atoms with van der Waals surface area (Å²) in [6.07, 6.45) is 4.51. The van der Waals surface area contributed by atoms with Crippen LogP contribution in [0.2, 0.25) is 0 Å². The molecule has 5 heteroatoms. The number of aromatic nitrogens is 2. The maximum atomic E-state index is 11.8. The van der Waals surface area contributed by atoms with Crippen LogP contribution in [0.5, 0.6) is 0 Å². The van der Waals surface area contributed by atoms with Crippen molar-refractivity contribution >= 4 is 16.9 Å². The van der Waals surface area contributed by atoms with Gasteiger partial charge in [-0.05, 0) is 30.2 Å². The smallest absolute Gasteiger partial charge is 0.315 e. The van der Waals surface area contributed by atoms with Crippen molar-refractivity contribution in [1.82, 2.24) is 20.6 Å². The van der Waals surface area contributed by atoms with E-state index in [2.05, 4.69) is 26.7 Å². The van der Waals surface area contributed by atoms with Gasteiger partial charge in [-0.2, -0.15) is 0 Å². The Balaban J connectivity index is 1.45. The molecule has 5 nitrogen and oxygen atoms in total. The summed E-state index contributed by atoms with van der Waals surface area (Å²) in [6, 6.07) is 13.6. The van der Waals surface area contributed by atoms with Crippen LogP contribution in [0.3, 0.4) is 0 Å². The van der Waals surface area contributed by atoms with E-state index in [1.807, 2.05) is 42.6 Å². The van der Waals surface area contributed by atoms with Crippen LogP contribution in [0.15, 0.2) is 54.9 Å². The summed E-state index contributed by atoms with van der Waals surface area (Å²) in [7, 11) is 0. The number of nitrogens with one attached hydrogen (secondary N) is 3. The first kappa shape index (κ1) is 14.1. The third-order valence-electron chi connectivity index (χ3n) is 3.51. The number of benzene rings is 1. The highest BCUT2D eigenvalue weighted by molar-refractivity contribution is 5.83. The minimum Gasteiger partial charge on any atom is -0.361 e. The molecule has 0 spiro atoms. The van der Waals surface area contributed by atoms with Crippen molar-refractivity contribution in [1.29, 1.82) is 0 Å². The summed E-state index contributed by atoms with van der Waals surface area (Å²) in [6.45, 7) is 1.02. The average Bonchev–Trinajstić information content (AvgIpc) is 2.97. The molecule has 3 N–H and O–H groups in total. The van der Waals surface area contributed by atoms with Gasteiger partial charge in [-0.15, -0.1) is 0 Å². The molecule has 1 aromatic carbocycles. The van der Waals surface area contributed by atoms with Crippen LogP contribution in [0, 0.1) is 0 Å². The molecule has 2 heterocycles. The molecule has 0 bridgehead atoms. The number of nitrogens with zero attached hydrogens (tertiary/aromatic N) is 1. The zero-order valence-electron chi connectivity index (χ0n) is 12.2. The number of para-hydroxylation sites is 1. The van der Waals surface area contributed by atoms with E-state index in [0.29, 0.717) is 13.1 Å². The lowest BCUT2D eigenvalue weighted by molar-refractivity contribution is 0.240. The quantitative estimate of drug-likeness (QED) is 0.677. The SMILES string of the molecule is O=C(NCCc1c[nH]c2ccccc12)NCc1ccccn1. The summed E-state index contributed by atoms with van der Waals surface area (Å²) < 4.78 is 0. The molecule has 0 saturated heterocycles. The van der Waals surface area contributed by atoms with Gasteiger partial charge in [0.2, 0.25) is 0 Å². The minimum absolute atomic E-state index is 0.175. The van der Waals surface area contributed by atoms with Gasteiger partial charge in [0.15, 0.2) is 0 Å². The Morgan fingerprint density at radius 3 is 2.82 bits per heavy atom. The lowest BCUT2D eigenvalue weighted by atomic mass is 10.1. The van der Waals surface area contributed by atoms with Gasteiger partial charge < -0.3 is 15.6 Å². The van der Waals surface area contributed by atoms with Gasteiger partial charge in [-0.1, -0.05) is 24.3 Å².